The van der Waals surface area contributed by atoms with Gasteiger partial charge in [-0.05, 0) is 0 Å². The van der Waals surface area contributed by atoms with Crippen LogP contribution in [0.25, 0.3) is 0 Å². The Labute approximate surface area is 44.6 Å². The van der Waals surface area contributed by atoms with Gasteiger partial charge in [0.2, 0.25) is 0 Å². The normalized spacial score (nSPS) is 10.5. The van der Waals surface area contributed by atoms with Crippen LogP contribution in [0.3, 0.4) is 0 Å². The predicted octanol–water partition coefficient (Wildman–Crippen LogP) is -0.122. The molecule has 1 aromatic heterocycles. The van der Waals surface area contributed by atoms with Crippen molar-refractivity contribution in [1.29, 1.82) is 0 Å². The standard InChI is InChI=1S/C3H3N3O2/c7-5-1-3-4-2-6-8-3/h1-2,7H/b5-1+. The first-order valence-corrected chi connectivity index (χ1v) is 1.87. The van der Waals surface area contributed by atoms with Crippen molar-refractivity contribution in [3.63, 3.8) is 0 Å². The number of oxime groups is 1. The summed E-state index contributed by atoms with van der Waals surface area (Å²) in [6.45, 7) is 0. The molecule has 1 rings (SSSR count). The van der Waals surface area contributed by atoms with E-state index in [-0.39, 0.29) is 5.89 Å². The van der Waals surface area contributed by atoms with Crippen molar-refractivity contribution in [1.82, 2.24) is 10.1 Å². The molecule has 1 heterocycles. The first-order chi connectivity index (χ1) is 3.93. The molecule has 0 spiro atoms. The van der Waals surface area contributed by atoms with Crippen LogP contribution >= 0.6 is 0 Å². The van der Waals surface area contributed by atoms with Crippen LogP contribution < -0.4 is 0 Å². The number of aromatic nitrogens is 2. The van der Waals surface area contributed by atoms with Gasteiger partial charge >= 0.3 is 0 Å². The van der Waals surface area contributed by atoms with Crippen LogP contribution in [0, 0.1) is 0 Å². The molecule has 8 heavy (non-hydrogen) atoms. The monoisotopic (exact) mass is 113 g/mol. The first-order valence-electron chi connectivity index (χ1n) is 1.87. The van der Waals surface area contributed by atoms with Crippen molar-refractivity contribution in [2.24, 2.45) is 5.16 Å². The van der Waals surface area contributed by atoms with Crippen LogP contribution in [0.4, 0.5) is 0 Å². The third-order valence-electron chi connectivity index (χ3n) is 0.547. The molecule has 42 valence electrons. The second-order valence-corrected chi connectivity index (χ2v) is 1.02. The maximum atomic E-state index is 7.88. The van der Waals surface area contributed by atoms with Crippen LogP contribution in [0.2, 0.25) is 0 Å². The van der Waals surface area contributed by atoms with Gasteiger partial charge in [-0.25, -0.2) is 0 Å². The average molecular weight is 113 g/mol. The molecule has 0 unspecified atom stereocenters. The van der Waals surface area contributed by atoms with E-state index in [4.69, 9.17) is 5.21 Å². The summed E-state index contributed by atoms with van der Waals surface area (Å²) in [6.07, 6.45) is 2.27. The van der Waals surface area contributed by atoms with Gasteiger partial charge in [0.15, 0.2) is 6.33 Å². The lowest BCUT2D eigenvalue weighted by Gasteiger charge is -1.70. The lowest BCUT2D eigenvalue weighted by Crippen LogP contribution is -1.76. The zero-order chi connectivity index (χ0) is 5.82. The molecule has 0 amide bonds. The smallest absolute Gasteiger partial charge is 0.272 e. The largest absolute Gasteiger partial charge is 0.411 e. The molecule has 0 aliphatic heterocycles. The van der Waals surface area contributed by atoms with Crippen molar-refractivity contribution in [2.75, 3.05) is 0 Å². The minimum Gasteiger partial charge on any atom is -0.411 e. The topological polar surface area (TPSA) is 71.5 Å². The van der Waals surface area contributed by atoms with E-state index in [1.165, 1.54) is 6.33 Å². The number of hydrogen-bond acceptors (Lipinski definition) is 5. The van der Waals surface area contributed by atoms with Crippen molar-refractivity contribution >= 4 is 6.21 Å². The van der Waals surface area contributed by atoms with Crippen molar-refractivity contribution in [3.05, 3.63) is 12.2 Å². The number of nitrogens with zero attached hydrogens (tertiary/aromatic N) is 3. The summed E-state index contributed by atoms with van der Waals surface area (Å²) in [7, 11) is 0. The maximum Gasteiger partial charge on any atom is 0.272 e. The second kappa shape index (κ2) is 2.06. The lowest BCUT2D eigenvalue weighted by atomic mass is 10.7. The van der Waals surface area contributed by atoms with Crippen LogP contribution in [0.1, 0.15) is 5.89 Å². The van der Waals surface area contributed by atoms with Crippen LogP contribution in [-0.4, -0.2) is 21.6 Å². The quantitative estimate of drug-likeness (QED) is 0.313. The highest BCUT2D eigenvalue weighted by atomic mass is 16.5. The Morgan fingerprint density at radius 2 is 2.75 bits per heavy atom. The molecule has 0 aromatic carbocycles. The van der Waals surface area contributed by atoms with E-state index in [0.717, 1.165) is 6.21 Å². The highest BCUT2D eigenvalue weighted by Crippen LogP contribution is 1.82. The molecular formula is C3H3N3O2. The Bertz CT molecular complexity index is 169. The maximum absolute atomic E-state index is 7.88. The Morgan fingerprint density at radius 1 is 1.88 bits per heavy atom. The fraction of sp³-hybridized carbons (Fsp3) is 0. The second-order valence-electron chi connectivity index (χ2n) is 1.02. The van der Waals surface area contributed by atoms with Gasteiger partial charge in [0.1, 0.15) is 6.21 Å². The highest BCUT2D eigenvalue weighted by molar-refractivity contribution is 5.71. The summed E-state index contributed by atoms with van der Waals surface area (Å²) >= 11 is 0. The minimum atomic E-state index is 0.188. The molecule has 0 aliphatic carbocycles. The fourth-order valence-electron chi connectivity index (χ4n) is 0.288. The summed E-state index contributed by atoms with van der Waals surface area (Å²) in [4.78, 5) is 3.52. The molecule has 0 radical (unpaired) electrons. The Hall–Kier alpha value is -1.39. The first kappa shape index (κ1) is 4.76. The van der Waals surface area contributed by atoms with Crippen LogP contribution in [0.5, 0.6) is 0 Å². The highest BCUT2D eigenvalue weighted by Gasteiger charge is 1.88. The van der Waals surface area contributed by atoms with E-state index >= 15 is 0 Å². The van der Waals surface area contributed by atoms with Crippen molar-refractivity contribution in [3.8, 4) is 0 Å². The molecule has 0 bridgehead atoms. The number of rotatable bonds is 1. The Morgan fingerprint density at radius 3 is 3.25 bits per heavy atom. The minimum absolute atomic E-state index is 0.188. The third-order valence-corrected chi connectivity index (χ3v) is 0.547. The zero-order valence-corrected chi connectivity index (χ0v) is 3.85. The van der Waals surface area contributed by atoms with Gasteiger partial charge in [0.05, 0.1) is 0 Å². The van der Waals surface area contributed by atoms with Gasteiger partial charge in [-0.2, -0.15) is 4.98 Å². The Kier molecular flexibility index (Phi) is 1.23. The average Bonchev–Trinajstić information content (AvgIpc) is 2.19. The van der Waals surface area contributed by atoms with E-state index in [1.54, 1.807) is 0 Å². The molecular weight excluding hydrogens is 110 g/mol. The third kappa shape index (κ3) is 0.810. The van der Waals surface area contributed by atoms with E-state index in [9.17, 15) is 0 Å². The van der Waals surface area contributed by atoms with E-state index in [2.05, 4.69) is 19.8 Å². The summed E-state index contributed by atoms with van der Waals surface area (Å²) in [5.74, 6) is 0.188. The van der Waals surface area contributed by atoms with Gasteiger partial charge in [0.25, 0.3) is 5.89 Å². The number of hydrogen-bond donors (Lipinski definition) is 1. The molecule has 1 aromatic rings. The molecule has 0 saturated heterocycles. The van der Waals surface area contributed by atoms with Crippen molar-refractivity contribution in [2.45, 2.75) is 0 Å². The molecule has 5 nitrogen and oxygen atoms in total. The van der Waals surface area contributed by atoms with E-state index in [0.29, 0.717) is 0 Å². The van der Waals surface area contributed by atoms with E-state index < -0.39 is 0 Å². The van der Waals surface area contributed by atoms with Gasteiger partial charge in [0, 0.05) is 0 Å². The summed E-state index contributed by atoms with van der Waals surface area (Å²) in [5, 5.41) is 13.8. The Balaban J connectivity index is 2.77. The summed E-state index contributed by atoms with van der Waals surface area (Å²) < 4.78 is 4.40. The van der Waals surface area contributed by atoms with Crippen LogP contribution in [-0.2, 0) is 0 Å². The molecule has 1 N–H and O–H groups in total. The van der Waals surface area contributed by atoms with Crippen LogP contribution in [0.15, 0.2) is 16.0 Å². The van der Waals surface area contributed by atoms with Gasteiger partial charge in [-0.15, -0.1) is 0 Å². The van der Waals surface area contributed by atoms with Gasteiger partial charge < -0.3 is 9.73 Å². The molecule has 0 saturated carbocycles. The molecule has 0 fully saturated rings. The predicted molar refractivity (Wildman–Crippen MR) is 23.7 cm³/mol. The summed E-state index contributed by atoms with van der Waals surface area (Å²) in [5.41, 5.74) is 0. The fourth-order valence-corrected chi connectivity index (χ4v) is 0.288. The van der Waals surface area contributed by atoms with Gasteiger partial charge in [-0.1, -0.05) is 10.3 Å². The van der Waals surface area contributed by atoms with E-state index in [1.807, 2.05) is 0 Å². The van der Waals surface area contributed by atoms with Gasteiger partial charge in [-0.3, -0.25) is 0 Å². The van der Waals surface area contributed by atoms with Crippen molar-refractivity contribution < 1.29 is 9.73 Å². The zero-order valence-electron chi connectivity index (χ0n) is 3.85. The summed E-state index contributed by atoms with van der Waals surface area (Å²) in [6, 6.07) is 0. The molecule has 5 heteroatoms. The molecule has 0 aliphatic rings. The lowest BCUT2D eigenvalue weighted by molar-refractivity contribution is 0.319. The molecule has 0 atom stereocenters. The SMILES string of the molecule is O/N=C/c1ncno1.